The lowest BCUT2D eigenvalue weighted by atomic mass is 10.0. The first-order chi connectivity index (χ1) is 11.0. The monoisotopic (exact) mass is 317 g/mol. The summed E-state index contributed by atoms with van der Waals surface area (Å²) in [5.74, 6) is 0.670. The molecule has 1 aromatic carbocycles. The van der Waals surface area contributed by atoms with Crippen molar-refractivity contribution in [3.63, 3.8) is 0 Å². The first-order valence-corrected chi connectivity index (χ1v) is 8.73. The van der Waals surface area contributed by atoms with Gasteiger partial charge >= 0.3 is 0 Å². The summed E-state index contributed by atoms with van der Waals surface area (Å²) in [6, 6.07) is 8.20. The number of piperazine rings is 1. The lowest BCUT2D eigenvalue weighted by Crippen LogP contribution is -2.52. The van der Waals surface area contributed by atoms with Crippen LogP contribution < -0.4 is 5.32 Å². The molecular formula is C19H31N3O. The Morgan fingerprint density at radius 1 is 1.13 bits per heavy atom. The molecule has 1 aromatic rings. The molecule has 1 N–H and O–H groups in total. The van der Waals surface area contributed by atoms with Gasteiger partial charge in [-0.2, -0.15) is 0 Å². The van der Waals surface area contributed by atoms with E-state index < -0.39 is 0 Å². The first kappa shape index (κ1) is 18.0. The van der Waals surface area contributed by atoms with Crippen molar-refractivity contribution in [2.75, 3.05) is 39.8 Å². The van der Waals surface area contributed by atoms with E-state index >= 15 is 0 Å². The van der Waals surface area contributed by atoms with Gasteiger partial charge in [-0.25, -0.2) is 0 Å². The van der Waals surface area contributed by atoms with E-state index in [2.05, 4.69) is 36.0 Å². The van der Waals surface area contributed by atoms with E-state index in [0.29, 0.717) is 12.0 Å². The maximum Gasteiger partial charge on any atom is 0.251 e. The Labute approximate surface area is 140 Å². The molecule has 0 bridgehead atoms. The molecule has 1 aliphatic heterocycles. The van der Waals surface area contributed by atoms with Crippen LogP contribution in [0, 0.1) is 12.8 Å². The van der Waals surface area contributed by atoms with Crippen LogP contribution in [-0.2, 0) is 0 Å². The molecular weight excluding hydrogens is 286 g/mol. The van der Waals surface area contributed by atoms with E-state index in [1.807, 2.05) is 31.2 Å². The largest absolute Gasteiger partial charge is 0.350 e. The summed E-state index contributed by atoms with van der Waals surface area (Å²) in [5, 5.41) is 3.14. The standard InChI is InChI=1S/C19H31N3O/c1-15(2)13-18(22-11-9-21(4)10-12-22)14-20-19(23)17-7-5-16(3)6-8-17/h5-8,15,18H,9-14H2,1-4H3,(H,20,23). The number of aryl methyl sites for hydroxylation is 1. The second-order valence-electron chi connectivity index (χ2n) is 7.20. The molecule has 1 unspecified atom stereocenters. The second kappa shape index (κ2) is 8.46. The number of nitrogens with zero attached hydrogens (tertiary/aromatic N) is 2. The quantitative estimate of drug-likeness (QED) is 0.875. The topological polar surface area (TPSA) is 35.6 Å². The average Bonchev–Trinajstić information content (AvgIpc) is 2.52. The highest BCUT2D eigenvalue weighted by molar-refractivity contribution is 5.94. The molecule has 1 aliphatic rings. The second-order valence-corrected chi connectivity index (χ2v) is 7.20. The minimum atomic E-state index is 0.0351. The number of carbonyl (C=O) groups excluding carboxylic acids is 1. The van der Waals surface area contributed by atoms with Crippen molar-refractivity contribution in [1.82, 2.24) is 15.1 Å². The van der Waals surface area contributed by atoms with Crippen LogP contribution in [0.15, 0.2) is 24.3 Å². The third-order valence-corrected chi connectivity index (χ3v) is 4.61. The molecule has 1 heterocycles. The van der Waals surface area contributed by atoms with E-state index in [1.165, 1.54) is 5.56 Å². The third-order valence-electron chi connectivity index (χ3n) is 4.61. The number of hydrogen-bond donors (Lipinski definition) is 1. The zero-order valence-electron chi connectivity index (χ0n) is 15.0. The Morgan fingerprint density at radius 2 is 1.74 bits per heavy atom. The molecule has 4 heteroatoms. The first-order valence-electron chi connectivity index (χ1n) is 8.73. The zero-order chi connectivity index (χ0) is 16.8. The number of amides is 1. The Balaban J connectivity index is 1.92. The van der Waals surface area contributed by atoms with Crippen molar-refractivity contribution in [2.45, 2.75) is 33.2 Å². The summed E-state index contributed by atoms with van der Waals surface area (Å²) in [7, 11) is 2.17. The van der Waals surface area contributed by atoms with Gasteiger partial charge in [-0.05, 0) is 38.4 Å². The molecule has 1 amide bonds. The van der Waals surface area contributed by atoms with Gasteiger partial charge in [-0.15, -0.1) is 0 Å². The molecule has 0 radical (unpaired) electrons. The van der Waals surface area contributed by atoms with Crippen LogP contribution >= 0.6 is 0 Å². The van der Waals surface area contributed by atoms with Crippen molar-refractivity contribution < 1.29 is 4.79 Å². The molecule has 0 aromatic heterocycles. The van der Waals surface area contributed by atoms with Crippen LogP contribution in [-0.4, -0.2) is 61.5 Å². The van der Waals surface area contributed by atoms with Crippen LogP contribution in [0.1, 0.15) is 36.2 Å². The van der Waals surface area contributed by atoms with Crippen LogP contribution in [0.5, 0.6) is 0 Å². The Morgan fingerprint density at radius 3 is 2.30 bits per heavy atom. The summed E-state index contributed by atoms with van der Waals surface area (Å²) < 4.78 is 0. The van der Waals surface area contributed by atoms with Crippen molar-refractivity contribution in [3.8, 4) is 0 Å². The summed E-state index contributed by atoms with van der Waals surface area (Å²) in [4.78, 5) is 17.2. The molecule has 0 aliphatic carbocycles. The van der Waals surface area contributed by atoms with E-state index in [9.17, 15) is 4.79 Å². The van der Waals surface area contributed by atoms with Crippen molar-refractivity contribution in [2.24, 2.45) is 5.92 Å². The number of rotatable bonds is 6. The van der Waals surface area contributed by atoms with Crippen molar-refractivity contribution in [1.29, 1.82) is 0 Å². The maximum absolute atomic E-state index is 12.3. The number of nitrogens with one attached hydrogen (secondary N) is 1. The van der Waals surface area contributed by atoms with Gasteiger partial charge in [0.15, 0.2) is 0 Å². The van der Waals surface area contributed by atoms with Gasteiger partial charge in [0.1, 0.15) is 0 Å². The van der Waals surface area contributed by atoms with Crippen molar-refractivity contribution in [3.05, 3.63) is 35.4 Å². The SMILES string of the molecule is Cc1ccc(C(=O)NCC(CC(C)C)N2CCN(C)CC2)cc1. The van der Waals surface area contributed by atoms with Gasteiger partial charge in [-0.3, -0.25) is 9.69 Å². The molecule has 1 fully saturated rings. The predicted octanol–water partition coefficient (Wildman–Crippen LogP) is 2.39. The molecule has 1 saturated heterocycles. The van der Waals surface area contributed by atoms with Gasteiger partial charge in [0, 0.05) is 44.3 Å². The minimum Gasteiger partial charge on any atom is -0.350 e. The average molecular weight is 317 g/mol. The molecule has 128 valence electrons. The van der Waals surface area contributed by atoms with E-state index in [0.717, 1.165) is 44.7 Å². The lowest BCUT2D eigenvalue weighted by Gasteiger charge is -2.38. The molecule has 0 saturated carbocycles. The fourth-order valence-corrected chi connectivity index (χ4v) is 3.11. The van der Waals surface area contributed by atoms with Crippen LogP contribution in [0.3, 0.4) is 0 Å². The zero-order valence-corrected chi connectivity index (χ0v) is 15.0. The predicted molar refractivity (Wildman–Crippen MR) is 95.8 cm³/mol. The summed E-state index contributed by atoms with van der Waals surface area (Å²) in [6.45, 7) is 11.7. The van der Waals surface area contributed by atoms with E-state index in [1.54, 1.807) is 0 Å². The fraction of sp³-hybridized carbons (Fsp3) is 0.632. The van der Waals surface area contributed by atoms with Gasteiger partial charge in [0.2, 0.25) is 0 Å². The number of carbonyl (C=O) groups is 1. The third kappa shape index (κ3) is 5.63. The van der Waals surface area contributed by atoms with Gasteiger partial charge < -0.3 is 10.2 Å². The van der Waals surface area contributed by atoms with Crippen LogP contribution in [0.4, 0.5) is 0 Å². The molecule has 1 atom stereocenters. The normalized spacial score (nSPS) is 18.1. The van der Waals surface area contributed by atoms with Crippen LogP contribution in [0.2, 0.25) is 0 Å². The minimum absolute atomic E-state index is 0.0351. The number of benzene rings is 1. The van der Waals surface area contributed by atoms with Gasteiger partial charge in [-0.1, -0.05) is 31.5 Å². The summed E-state index contributed by atoms with van der Waals surface area (Å²) >= 11 is 0. The Kier molecular flexibility index (Phi) is 6.60. The number of hydrogen-bond acceptors (Lipinski definition) is 3. The molecule has 23 heavy (non-hydrogen) atoms. The fourth-order valence-electron chi connectivity index (χ4n) is 3.11. The lowest BCUT2D eigenvalue weighted by molar-refractivity contribution is 0.0850. The highest BCUT2D eigenvalue weighted by atomic mass is 16.1. The Hall–Kier alpha value is -1.39. The van der Waals surface area contributed by atoms with Crippen molar-refractivity contribution >= 4 is 5.91 Å². The maximum atomic E-state index is 12.3. The van der Waals surface area contributed by atoms with E-state index in [-0.39, 0.29) is 5.91 Å². The molecule has 0 spiro atoms. The highest BCUT2D eigenvalue weighted by Crippen LogP contribution is 2.14. The van der Waals surface area contributed by atoms with Crippen LogP contribution in [0.25, 0.3) is 0 Å². The highest BCUT2D eigenvalue weighted by Gasteiger charge is 2.23. The van der Waals surface area contributed by atoms with Gasteiger partial charge in [0.25, 0.3) is 5.91 Å². The smallest absolute Gasteiger partial charge is 0.251 e. The Bertz CT molecular complexity index is 490. The molecule has 2 rings (SSSR count). The number of likely N-dealkylation sites (N-methyl/N-ethyl adjacent to an activating group) is 1. The molecule has 4 nitrogen and oxygen atoms in total. The summed E-state index contributed by atoms with van der Waals surface area (Å²) in [5.41, 5.74) is 1.92. The van der Waals surface area contributed by atoms with E-state index in [4.69, 9.17) is 0 Å². The van der Waals surface area contributed by atoms with Gasteiger partial charge in [0.05, 0.1) is 0 Å². The summed E-state index contributed by atoms with van der Waals surface area (Å²) in [6.07, 6.45) is 1.12.